The minimum Gasteiger partial charge on any atom is -0.454 e. The SMILES string of the molecule is CCN(CC)C(=O)c1ccc(NC(=O)COC(=O)CNC(=O)c2cccc(Br)c2)cc1. The largest absolute Gasteiger partial charge is 0.454 e. The minimum atomic E-state index is -0.737. The highest BCUT2D eigenvalue weighted by Crippen LogP contribution is 2.12. The average molecular weight is 490 g/mol. The number of halogens is 1. The summed E-state index contributed by atoms with van der Waals surface area (Å²) in [5.41, 5.74) is 1.39. The highest BCUT2D eigenvalue weighted by molar-refractivity contribution is 9.10. The smallest absolute Gasteiger partial charge is 0.325 e. The van der Waals surface area contributed by atoms with E-state index < -0.39 is 24.4 Å². The molecule has 0 aliphatic carbocycles. The number of nitrogens with one attached hydrogen (secondary N) is 2. The molecule has 0 atom stereocenters. The lowest BCUT2D eigenvalue weighted by Crippen LogP contribution is -2.32. The van der Waals surface area contributed by atoms with Crippen LogP contribution >= 0.6 is 15.9 Å². The number of carbonyl (C=O) groups is 4. The van der Waals surface area contributed by atoms with Crippen molar-refractivity contribution in [1.29, 1.82) is 0 Å². The molecular weight excluding hydrogens is 466 g/mol. The van der Waals surface area contributed by atoms with Gasteiger partial charge in [-0.1, -0.05) is 22.0 Å². The van der Waals surface area contributed by atoms with Crippen molar-refractivity contribution >= 4 is 45.3 Å². The lowest BCUT2D eigenvalue weighted by Gasteiger charge is -2.18. The first-order valence-corrected chi connectivity index (χ1v) is 10.5. The van der Waals surface area contributed by atoms with E-state index >= 15 is 0 Å². The van der Waals surface area contributed by atoms with Gasteiger partial charge in [-0.05, 0) is 56.3 Å². The van der Waals surface area contributed by atoms with Crippen LogP contribution in [0.15, 0.2) is 53.0 Å². The Labute approximate surface area is 189 Å². The number of amides is 3. The Kier molecular flexibility index (Phi) is 9.20. The summed E-state index contributed by atoms with van der Waals surface area (Å²) in [6.07, 6.45) is 0. The van der Waals surface area contributed by atoms with Crippen LogP contribution in [-0.2, 0) is 14.3 Å². The minimum absolute atomic E-state index is 0.0817. The van der Waals surface area contributed by atoms with Crippen molar-refractivity contribution in [3.63, 3.8) is 0 Å². The summed E-state index contributed by atoms with van der Waals surface area (Å²) >= 11 is 3.27. The third-order valence-corrected chi connectivity index (χ3v) is 4.80. The van der Waals surface area contributed by atoms with Crippen LogP contribution in [0, 0.1) is 0 Å². The third-order valence-electron chi connectivity index (χ3n) is 4.31. The second kappa shape index (κ2) is 11.8. The monoisotopic (exact) mass is 489 g/mol. The Morgan fingerprint density at radius 3 is 2.26 bits per heavy atom. The van der Waals surface area contributed by atoms with Gasteiger partial charge in [0.25, 0.3) is 17.7 Å². The second-order valence-corrected chi connectivity index (χ2v) is 7.37. The first-order valence-electron chi connectivity index (χ1n) is 9.72. The van der Waals surface area contributed by atoms with Crippen LogP contribution in [-0.4, -0.2) is 54.8 Å². The van der Waals surface area contributed by atoms with Gasteiger partial charge < -0.3 is 20.3 Å². The van der Waals surface area contributed by atoms with Crippen LogP contribution in [0.25, 0.3) is 0 Å². The van der Waals surface area contributed by atoms with Crippen LogP contribution in [0.5, 0.6) is 0 Å². The Morgan fingerprint density at radius 1 is 0.968 bits per heavy atom. The molecule has 0 aromatic heterocycles. The van der Waals surface area contributed by atoms with Crippen molar-refractivity contribution in [2.24, 2.45) is 0 Å². The fourth-order valence-electron chi connectivity index (χ4n) is 2.67. The van der Waals surface area contributed by atoms with Crippen LogP contribution < -0.4 is 10.6 Å². The topological polar surface area (TPSA) is 105 Å². The molecule has 0 saturated heterocycles. The second-order valence-electron chi connectivity index (χ2n) is 6.46. The molecule has 9 heteroatoms. The van der Waals surface area contributed by atoms with Gasteiger partial charge in [0.2, 0.25) is 0 Å². The summed E-state index contributed by atoms with van der Waals surface area (Å²) in [5, 5.41) is 5.02. The van der Waals surface area contributed by atoms with Crippen molar-refractivity contribution in [3.8, 4) is 0 Å². The fourth-order valence-corrected chi connectivity index (χ4v) is 3.07. The number of rotatable bonds is 9. The molecule has 0 unspecified atom stereocenters. The highest BCUT2D eigenvalue weighted by atomic mass is 79.9. The maximum atomic E-state index is 12.3. The molecule has 164 valence electrons. The molecule has 2 rings (SSSR count). The van der Waals surface area contributed by atoms with Crippen LogP contribution in [0.3, 0.4) is 0 Å². The Balaban J connectivity index is 1.76. The van der Waals surface area contributed by atoms with Crippen molar-refractivity contribution in [2.75, 3.05) is 31.6 Å². The van der Waals surface area contributed by atoms with Crippen molar-refractivity contribution < 1.29 is 23.9 Å². The zero-order chi connectivity index (χ0) is 22.8. The van der Waals surface area contributed by atoms with Gasteiger partial charge >= 0.3 is 5.97 Å². The zero-order valence-corrected chi connectivity index (χ0v) is 18.9. The van der Waals surface area contributed by atoms with E-state index in [-0.39, 0.29) is 12.5 Å². The molecule has 2 aromatic rings. The van der Waals surface area contributed by atoms with Gasteiger partial charge in [0.15, 0.2) is 6.61 Å². The number of benzene rings is 2. The maximum absolute atomic E-state index is 12.3. The number of nitrogens with zero attached hydrogens (tertiary/aromatic N) is 1. The van der Waals surface area contributed by atoms with Gasteiger partial charge in [-0.15, -0.1) is 0 Å². The van der Waals surface area contributed by atoms with E-state index in [1.165, 1.54) is 0 Å². The predicted octanol–water partition coefficient (Wildman–Crippen LogP) is 2.84. The lowest BCUT2D eigenvalue weighted by atomic mass is 10.2. The van der Waals surface area contributed by atoms with E-state index in [2.05, 4.69) is 26.6 Å². The number of esters is 1. The Hall–Kier alpha value is -3.20. The average Bonchev–Trinajstić information content (AvgIpc) is 2.77. The van der Waals surface area contributed by atoms with Crippen LogP contribution in [0.4, 0.5) is 5.69 Å². The lowest BCUT2D eigenvalue weighted by molar-refractivity contribution is -0.146. The molecule has 3 amide bonds. The molecule has 2 aromatic carbocycles. The molecule has 0 spiro atoms. The van der Waals surface area contributed by atoms with Gasteiger partial charge in [0, 0.05) is 34.4 Å². The summed E-state index contributed by atoms with van der Waals surface area (Å²) in [6.45, 7) is 4.18. The molecule has 0 aliphatic rings. The fraction of sp³-hybridized carbons (Fsp3) is 0.273. The molecule has 0 fully saturated rings. The number of ether oxygens (including phenoxy) is 1. The van der Waals surface area contributed by atoms with E-state index in [9.17, 15) is 19.2 Å². The van der Waals surface area contributed by atoms with E-state index in [4.69, 9.17) is 4.74 Å². The van der Waals surface area contributed by atoms with Crippen LogP contribution in [0.2, 0.25) is 0 Å². The summed E-state index contributed by atoms with van der Waals surface area (Å²) < 4.78 is 5.61. The van der Waals surface area contributed by atoms with E-state index in [1.54, 1.807) is 53.4 Å². The summed E-state index contributed by atoms with van der Waals surface area (Å²) in [6, 6.07) is 13.2. The van der Waals surface area contributed by atoms with E-state index in [1.807, 2.05) is 13.8 Å². The molecule has 0 heterocycles. The van der Waals surface area contributed by atoms with Gasteiger partial charge in [0.1, 0.15) is 6.54 Å². The zero-order valence-electron chi connectivity index (χ0n) is 17.3. The van der Waals surface area contributed by atoms with Crippen molar-refractivity contribution in [1.82, 2.24) is 10.2 Å². The quantitative estimate of drug-likeness (QED) is 0.526. The summed E-state index contributed by atoms with van der Waals surface area (Å²) in [5.74, 6) is -1.78. The summed E-state index contributed by atoms with van der Waals surface area (Å²) in [7, 11) is 0. The number of hydrogen-bond acceptors (Lipinski definition) is 5. The molecule has 2 N–H and O–H groups in total. The Bertz CT molecular complexity index is 942. The van der Waals surface area contributed by atoms with E-state index in [0.29, 0.717) is 29.9 Å². The molecule has 31 heavy (non-hydrogen) atoms. The highest BCUT2D eigenvalue weighted by Gasteiger charge is 2.13. The normalized spacial score (nSPS) is 10.2. The van der Waals surface area contributed by atoms with Crippen molar-refractivity contribution in [3.05, 3.63) is 64.1 Å². The first kappa shape index (κ1) is 24.1. The van der Waals surface area contributed by atoms with Crippen molar-refractivity contribution in [2.45, 2.75) is 13.8 Å². The molecular formula is C22H24BrN3O5. The van der Waals surface area contributed by atoms with Gasteiger partial charge in [-0.2, -0.15) is 0 Å². The molecule has 8 nitrogen and oxygen atoms in total. The number of hydrogen-bond donors (Lipinski definition) is 2. The van der Waals surface area contributed by atoms with E-state index in [0.717, 1.165) is 4.47 Å². The third kappa shape index (κ3) is 7.53. The van der Waals surface area contributed by atoms with Crippen LogP contribution in [0.1, 0.15) is 34.6 Å². The Morgan fingerprint density at radius 2 is 1.65 bits per heavy atom. The molecule has 0 bridgehead atoms. The maximum Gasteiger partial charge on any atom is 0.325 e. The van der Waals surface area contributed by atoms with Gasteiger partial charge in [-0.3, -0.25) is 19.2 Å². The molecule has 0 radical (unpaired) electrons. The van der Waals surface area contributed by atoms with Gasteiger partial charge in [-0.25, -0.2) is 0 Å². The number of anilines is 1. The number of carbonyl (C=O) groups excluding carboxylic acids is 4. The molecule has 0 saturated carbocycles. The molecule has 0 aliphatic heterocycles. The first-order chi connectivity index (χ1) is 14.8. The predicted molar refractivity (Wildman–Crippen MR) is 120 cm³/mol. The summed E-state index contributed by atoms with van der Waals surface area (Å²) in [4.78, 5) is 49.7. The van der Waals surface area contributed by atoms with Gasteiger partial charge in [0.05, 0.1) is 0 Å². The standard InChI is InChI=1S/C22H24BrN3O5/c1-3-26(4-2)22(30)15-8-10-18(11-9-15)25-19(27)14-31-20(28)13-24-21(29)16-6-5-7-17(23)12-16/h5-12H,3-4,13-14H2,1-2H3,(H,24,29)(H,25,27).